The number of hydrogen-bond acceptors (Lipinski definition) is 4. The van der Waals surface area contributed by atoms with Crippen molar-refractivity contribution in [1.82, 2.24) is 4.90 Å². The first kappa shape index (κ1) is 21.9. The van der Waals surface area contributed by atoms with E-state index in [1.54, 1.807) is 18.2 Å². The Kier molecular flexibility index (Phi) is 8.98. The van der Waals surface area contributed by atoms with Crippen LogP contribution in [0.5, 0.6) is 11.5 Å². The van der Waals surface area contributed by atoms with Crippen molar-refractivity contribution in [3.05, 3.63) is 72.1 Å². The minimum absolute atomic E-state index is 0.101. The minimum atomic E-state index is -1.09. The monoisotopic (exact) mass is 387 g/mol. The van der Waals surface area contributed by atoms with Gasteiger partial charge in [-0.15, -0.1) is 6.58 Å². The summed E-state index contributed by atoms with van der Waals surface area (Å²) < 4.78 is 20.0. The van der Waals surface area contributed by atoms with Gasteiger partial charge in [0.15, 0.2) is 0 Å². The van der Waals surface area contributed by atoms with Gasteiger partial charge in [-0.2, -0.15) is 0 Å². The largest absolute Gasteiger partial charge is 0.508 e. The first-order chi connectivity index (χ1) is 13.5. The van der Waals surface area contributed by atoms with Crippen LogP contribution in [-0.4, -0.2) is 41.9 Å². The number of benzene rings is 2. The summed E-state index contributed by atoms with van der Waals surface area (Å²) in [5.41, 5.74) is 0.700. The average molecular weight is 387 g/mol. The van der Waals surface area contributed by atoms with Gasteiger partial charge in [0.25, 0.3) is 0 Å². The molecule has 2 aromatic carbocycles. The van der Waals surface area contributed by atoms with Gasteiger partial charge in [-0.1, -0.05) is 31.1 Å². The number of rotatable bonds is 12. The fourth-order valence-electron chi connectivity index (χ4n) is 2.99. The van der Waals surface area contributed by atoms with Crippen molar-refractivity contribution >= 4 is 0 Å². The lowest BCUT2D eigenvalue weighted by Gasteiger charge is -2.14. The highest BCUT2D eigenvalue weighted by molar-refractivity contribution is 5.37. The standard InChI is InChI=1S/C23H30FNO3/c1-3-14-25(2)15-6-4-5-7-16-28-20-12-13-21(22(24)17-20)23(27)18-8-10-19(26)11-9-18/h3,8-13,17,23,26-27H,1,4-7,14-16H2,2H3. The highest BCUT2D eigenvalue weighted by Gasteiger charge is 2.15. The van der Waals surface area contributed by atoms with E-state index in [2.05, 4.69) is 18.5 Å². The molecule has 0 amide bonds. The number of likely N-dealkylation sites (N-methyl/N-ethyl adjacent to an activating group) is 1. The molecule has 5 heteroatoms. The number of ether oxygens (including phenoxy) is 1. The van der Waals surface area contributed by atoms with Crippen LogP contribution in [0.3, 0.4) is 0 Å². The van der Waals surface area contributed by atoms with Gasteiger partial charge in [-0.3, -0.25) is 0 Å². The van der Waals surface area contributed by atoms with Gasteiger partial charge in [0, 0.05) is 18.2 Å². The van der Waals surface area contributed by atoms with Crippen LogP contribution in [0.4, 0.5) is 4.39 Å². The van der Waals surface area contributed by atoms with Crippen molar-refractivity contribution in [2.45, 2.75) is 31.8 Å². The third-order valence-electron chi connectivity index (χ3n) is 4.62. The zero-order chi connectivity index (χ0) is 20.4. The maximum atomic E-state index is 14.4. The molecule has 0 fully saturated rings. The Morgan fingerprint density at radius 2 is 1.82 bits per heavy atom. The molecular weight excluding hydrogens is 357 g/mol. The molecular formula is C23H30FNO3. The van der Waals surface area contributed by atoms with Crippen LogP contribution in [0.15, 0.2) is 55.1 Å². The Morgan fingerprint density at radius 3 is 2.50 bits per heavy atom. The fraction of sp³-hybridized carbons (Fsp3) is 0.391. The van der Waals surface area contributed by atoms with E-state index in [0.717, 1.165) is 38.8 Å². The van der Waals surface area contributed by atoms with Crippen molar-refractivity contribution in [2.75, 3.05) is 26.7 Å². The van der Waals surface area contributed by atoms with E-state index in [4.69, 9.17) is 4.74 Å². The molecule has 2 aromatic rings. The lowest BCUT2D eigenvalue weighted by atomic mass is 10.0. The number of aliphatic hydroxyl groups is 1. The molecule has 1 unspecified atom stereocenters. The number of halogens is 1. The molecule has 152 valence electrons. The number of hydrogen-bond donors (Lipinski definition) is 2. The van der Waals surface area contributed by atoms with Crippen molar-refractivity contribution in [3.63, 3.8) is 0 Å². The summed E-state index contributed by atoms with van der Waals surface area (Å²) in [6, 6.07) is 10.6. The van der Waals surface area contributed by atoms with E-state index in [0.29, 0.717) is 17.9 Å². The predicted octanol–water partition coefficient (Wildman–Crippen LogP) is 4.67. The zero-order valence-electron chi connectivity index (χ0n) is 16.5. The zero-order valence-corrected chi connectivity index (χ0v) is 16.5. The van der Waals surface area contributed by atoms with Gasteiger partial charge in [0.2, 0.25) is 0 Å². The molecule has 0 aliphatic heterocycles. The van der Waals surface area contributed by atoms with Crippen LogP contribution in [0, 0.1) is 5.82 Å². The van der Waals surface area contributed by atoms with Gasteiger partial charge >= 0.3 is 0 Å². The maximum absolute atomic E-state index is 14.4. The van der Waals surface area contributed by atoms with Crippen molar-refractivity contribution < 1.29 is 19.3 Å². The third-order valence-corrected chi connectivity index (χ3v) is 4.62. The van der Waals surface area contributed by atoms with Gasteiger partial charge < -0.3 is 19.8 Å². The van der Waals surface area contributed by atoms with Crippen LogP contribution in [0.25, 0.3) is 0 Å². The van der Waals surface area contributed by atoms with Crippen molar-refractivity contribution in [2.24, 2.45) is 0 Å². The van der Waals surface area contributed by atoms with Crippen molar-refractivity contribution in [1.29, 1.82) is 0 Å². The molecule has 0 aliphatic rings. The van der Waals surface area contributed by atoms with Crippen LogP contribution in [0.2, 0.25) is 0 Å². The number of unbranched alkanes of at least 4 members (excludes halogenated alkanes) is 3. The van der Waals surface area contributed by atoms with E-state index < -0.39 is 11.9 Å². The van der Waals surface area contributed by atoms with Gasteiger partial charge in [0.05, 0.1) is 6.61 Å². The van der Waals surface area contributed by atoms with E-state index in [-0.39, 0.29) is 11.3 Å². The smallest absolute Gasteiger partial charge is 0.133 e. The topological polar surface area (TPSA) is 52.9 Å². The number of nitrogens with zero attached hydrogens (tertiary/aromatic N) is 1. The summed E-state index contributed by atoms with van der Waals surface area (Å²) in [6.07, 6.45) is 5.09. The lowest BCUT2D eigenvalue weighted by Crippen LogP contribution is -2.19. The van der Waals surface area contributed by atoms with Crippen LogP contribution < -0.4 is 4.74 Å². The second-order valence-corrected chi connectivity index (χ2v) is 6.99. The molecule has 0 bridgehead atoms. The third kappa shape index (κ3) is 6.98. The van der Waals surface area contributed by atoms with E-state index in [1.807, 2.05) is 6.08 Å². The summed E-state index contributed by atoms with van der Waals surface area (Å²) in [6.45, 7) is 6.24. The molecule has 0 aromatic heterocycles. The van der Waals surface area contributed by atoms with Crippen molar-refractivity contribution in [3.8, 4) is 11.5 Å². The Balaban J connectivity index is 1.75. The minimum Gasteiger partial charge on any atom is -0.508 e. The van der Waals surface area contributed by atoms with E-state index in [1.165, 1.54) is 24.3 Å². The van der Waals surface area contributed by atoms with Crippen LogP contribution in [-0.2, 0) is 0 Å². The van der Waals surface area contributed by atoms with Gasteiger partial charge in [-0.25, -0.2) is 4.39 Å². The molecule has 0 radical (unpaired) electrons. The first-order valence-electron chi connectivity index (χ1n) is 9.70. The summed E-state index contributed by atoms with van der Waals surface area (Å²) in [5, 5.41) is 19.7. The molecule has 0 aliphatic carbocycles. The number of aliphatic hydroxyl groups excluding tert-OH is 1. The molecule has 28 heavy (non-hydrogen) atoms. The molecule has 0 heterocycles. The predicted molar refractivity (Wildman–Crippen MR) is 110 cm³/mol. The van der Waals surface area contributed by atoms with Gasteiger partial charge in [-0.05, 0) is 56.3 Å². The van der Waals surface area contributed by atoms with E-state index >= 15 is 0 Å². The SMILES string of the molecule is C=CCN(C)CCCCCCOc1ccc(C(O)c2ccc(O)cc2)c(F)c1. The normalized spacial score (nSPS) is 12.1. The average Bonchev–Trinajstić information content (AvgIpc) is 2.67. The highest BCUT2D eigenvalue weighted by atomic mass is 19.1. The Hall–Kier alpha value is -2.37. The number of phenols is 1. The fourth-order valence-corrected chi connectivity index (χ4v) is 2.99. The summed E-state index contributed by atoms with van der Waals surface area (Å²) in [4.78, 5) is 2.24. The summed E-state index contributed by atoms with van der Waals surface area (Å²) in [5.74, 6) is 0.0529. The summed E-state index contributed by atoms with van der Waals surface area (Å²) >= 11 is 0. The lowest BCUT2D eigenvalue weighted by molar-refractivity contribution is 0.214. The first-order valence-corrected chi connectivity index (χ1v) is 9.70. The molecule has 0 saturated carbocycles. The Bertz CT molecular complexity index is 733. The second-order valence-electron chi connectivity index (χ2n) is 6.99. The van der Waals surface area contributed by atoms with Crippen LogP contribution in [0.1, 0.15) is 42.9 Å². The molecule has 0 spiro atoms. The summed E-state index contributed by atoms with van der Waals surface area (Å²) in [7, 11) is 2.08. The molecule has 2 rings (SSSR count). The second kappa shape index (κ2) is 11.5. The molecule has 1 atom stereocenters. The molecule has 0 saturated heterocycles. The number of aromatic hydroxyl groups is 1. The maximum Gasteiger partial charge on any atom is 0.133 e. The quantitative estimate of drug-likeness (QED) is 0.410. The Labute approximate surface area is 166 Å². The molecule has 4 nitrogen and oxygen atoms in total. The highest BCUT2D eigenvalue weighted by Crippen LogP contribution is 2.28. The number of phenolic OH excluding ortho intramolecular Hbond substituents is 1. The van der Waals surface area contributed by atoms with Crippen LogP contribution >= 0.6 is 0 Å². The van der Waals surface area contributed by atoms with E-state index in [9.17, 15) is 14.6 Å². The molecule has 2 N–H and O–H groups in total. The Morgan fingerprint density at radius 1 is 1.11 bits per heavy atom. The van der Waals surface area contributed by atoms with Gasteiger partial charge in [0.1, 0.15) is 23.4 Å².